The van der Waals surface area contributed by atoms with E-state index in [0.717, 1.165) is 43.4 Å². The fraction of sp³-hybridized carbons (Fsp3) is 0.400. The van der Waals surface area contributed by atoms with Gasteiger partial charge in [0.1, 0.15) is 5.69 Å². The molecule has 2 aromatic rings. The SMILES string of the molecule is CCCCCn1nnc(C=O)c1Cc1ccc(Cl)cc1. The minimum Gasteiger partial charge on any atom is -0.296 e. The van der Waals surface area contributed by atoms with Gasteiger partial charge in [0.25, 0.3) is 0 Å². The number of nitrogens with zero attached hydrogens (tertiary/aromatic N) is 3. The van der Waals surface area contributed by atoms with Gasteiger partial charge >= 0.3 is 0 Å². The first-order valence-corrected chi connectivity index (χ1v) is 7.24. The van der Waals surface area contributed by atoms with Crippen molar-refractivity contribution in [2.24, 2.45) is 0 Å². The third kappa shape index (κ3) is 3.67. The number of rotatable bonds is 7. The topological polar surface area (TPSA) is 47.8 Å². The second kappa shape index (κ2) is 7.20. The highest BCUT2D eigenvalue weighted by atomic mass is 35.5. The minimum atomic E-state index is 0.427. The van der Waals surface area contributed by atoms with Crippen LogP contribution in [0.5, 0.6) is 0 Å². The lowest BCUT2D eigenvalue weighted by atomic mass is 10.1. The van der Waals surface area contributed by atoms with Crippen molar-refractivity contribution >= 4 is 17.9 Å². The Balaban J connectivity index is 2.17. The van der Waals surface area contributed by atoms with Gasteiger partial charge in [0.05, 0.1) is 5.69 Å². The van der Waals surface area contributed by atoms with E-state index < -0.39 is 0 Å². The molecule has 0 spiro atoms. The number of halogens is 1. The van der Waals surface area contributed by atoms with E-state index in [1.807, 2.05) is 28.9 Å². The molecule has 0 aliphatic heterocycles. The molecule has 106 valence electrons. The van der Waals surface area contributed by atoms with Crippen molar-refractivity contribution in [3.63, 3.8) is 0 Å². The molecule has 1 aromatic carbocycles. The maximum Gasteiger partial charge on any atom is 0.172 e. The second-order valence-electron chi connectivity index (χ2n) is 4.77. The summed E-state index contributed by atoms with van der Waals surface area (Å²) in [5, 5.41) is 8.74. The molecule has 0 amide bonds. The second-order valence-corrected chi connectivity index (χ2v) is 5.21. The van der Waals surface area contributed by atoms with Crippen molar-refractivity contribution in [3.8, 4) is 0 Å². The fourth-order valence-corrected chi connectivity index (χ4v) is 2.23. The fourth-order valence-electron chi connectivity index (χ4n) is 2.11. The number of aromatic nitrogens is 3. The van der Waals surface area contributed by atoms with E-state index in [0.29, 0.717) is 17.1 Å². The first-order chi connectivity index (χ1) is 9.74. The van der Waals surface area contributed by atoms with Crippen LogP contribution in [-0.2, 0) is 13.0 Å². The van der Waals surface area contributed by atoms with Crippen LogP contribution in [0.15, 0.2) is 24.3 Å². The van der Waals surface area contributed by atoms with Gasteiger partial charge in [-0.05, 0) is 24.1 Å². The van der Waals surface area contributed by atoms with Crippen LogP contribution in [-0.4, -0.2) is 21.3 Å². The first-order valence-electron chi connectivity index (χ1n) is 6.86. The number of aryl methyl sites for hydroxylation is 1. The molecule has 4 nitrogen and oxygen atoms in total. The van der Waals surface area contributed by atoms with Gasteiger partial charge in [0, 0.05) is 18.0 Å². The zero-order chi connectivity index (χ0) is 14.4. The highest BCUT2D eigenvalue weighted by Gasteiger charge is 2.12. The van der Waals surface area contributed by atoms with E-state index in [1.54, 1.807) is 0 Å². The lowest BCUT2D eigenvalue weighted by Gasteiger charge is -2.07. The molecule has 20 heavy (non-hydrogen) atoms. The molecular weight excluding hydrogens is 274 g/mol. The summed E-state index contributed by atoms with van der Waals surface area (Å²) in [5.74, 6) is 0. The van der Waals surface area contributed by atoms with Gasteiger partial charge in [0.15, 0.2) is 6.29 Å². The Morgan fingerprint density at radius 3 is 2.65 bits per heavy atom. The van der Waals surface area contributed by atoms with Gasteiger partial charge in [-0.3, -0.25) is 4.79 Å². The van der Waals surface area contributed by atoms with E-state index in [-0.39, 0.29) is 0 Å². The van der Waals surface area contributed by atoms with Crippen LogP contribution in [0.2, 0.25) is 5.02 Å². The molecule has 5 heteroatoms. The first kappa shape index (κ1) is 14.7. The largest absolute Gasteiger partial charge is 0.296 e. The maximum atomic E-state index is 11.1. The molecule has 0 saturated heterocycles. The highest BCUT2D eigenvalue weighted by Crippen LogP contribution is 2.15. The number of benzene rings is 1. The summed E-state index contributed by atoms with van der Waals surface area (Å²) < 4.78 is 1.84. The Hall–Kier alpha value is -1.68. The zero-order valence-electron chi connectivity index (χ0n) is 11.6. The van der Waals surface area contributed by atoms with E-state index >= 15 is 0 Å². The molecule has 0 bridgehead atoms. The van der Waals surface area contributed by atoms with Crippen molar-refractivity contribution in [1.82, 2.24) is 15.0 Å². The number of carbonyl (C=O) groups excluding carboxylic acids is 1. The van der Waals surface area contributed by atoms with Gasteiger partial charge in [-0.2, -0.15) is 0 Å². The minimum absolute atomic E-state index is 0.427. The number of hydrogen-bond acceptors (Lipinski definition) is 3. The molecule has 2 rings (SSSR count). The van der Waals surface area contributed by atoms with Crippen molar-refractivity contribution < 1.29 is 4.79 Å². The summed E-state index contributed by atoms with van der Waals surface area (Å²) in [6, 6.07) is 7.62. The van der Waals surface area contributed by atoms with E-state index in [1.165, 1.54) is 0 Å². The molecule has 0 aliphatic rings. The number of unbranched alkanes of at least 4 members (excludes halogenated alkanes) is 2. The lowest BCUT2D eigenvalue weighted by Crippen LogP contribution is -2.07. The third-order valence-electron chi connectivity index (χ3n) is 3.24. The lowest BCUT2D eigenvalue weighted by molar-refractivity contribution is 0.111. The van der Waals surface area contributed by atoms with E-state index in [2.05, 4.69) is 17.2 Å². The van der Waals surface area contributed by atoms with Crippen molar-refractivity contribution in [2.75, 3.05) is 0 Å². The van der Waals surface area contributed by atoms with E-state index in [9.17, 15) is 4.79 Å². The summed E-state index contributed by atoms with van der Waals surface area (Å²) >= 11 is 5.88. The Kier molecular flexibility index (Phi) is 5.30. The van der Waals surface area contributed by atoms with Gasteiger partial charge in [0.2, 0.25) is 0 Å². The molecule has 0 radical (unpaired) electrons. The molecule has 1 aromatic heterocycles. The monoisotopic (exact) mass is 291 g/mol. The van der Waals surface area contributed by atoms with Crippen LogP contribution in [0.25, 0.3) is 0 Å². The third-order valence-corrected chi connectivity index (χ3v) is 3.49. The highest BCUT2D eigenvalue weighted by molar-refractivity contribution is 6.30. The number of hydrogen-bond donors (Lipinski definition) is 0. The molecule has 0 saturated carbocycles. The van der Waals surface area contributed by atoms with E-state index in [4.69, 9.17) is 11.6 Å². The number of aldehydes is 1. The molecule has 0 unspecified atom stereocenters. The van der Waals surface area contributed by atoms with Crippen molar-refractivity contribution in [2.45, 2.75) is 39.2 Å². The molecule has 0 atom stereocenters. The zero-order valence-corrected chi connectivity index (χ0v) is 12.3. The molecule has 0 aliphatic carbocycles. The van der Waals surface area contributed by atoms with Gasteiger partial charge in [-0.1, -0.05) is 48.7 Å². The van der Waals surface area contributed by atoms with Crippen LogP contribution in [0.3, 0.4) is 0 Å². The van der Waals surface area contributed by atoms with Gasteiger partial charge in [-0.15, -0.1) is 5.10 Å². The van der Waals surface area contributed by atoms with Crippen LogP contribution < -0.4 is 0 Å². The Labute approximate surface area is 123 Å². The summed E-state index contributed by atoms with van der Waals surface area (Å²) in [7, 11) is 0. The summed E-state index contributed by atoms with van der Waals surface area (Å²) in [6.45, 7) is 2.96. The quantitative estimate of drug-likeness (QED) is 0.579. The van der Waals surface area contributed by atoms with Crippen LogP contribution in [0.4, 0.5) is 0 Å². The standard InChI is InChI=1S/C15H18ClN3O/c1-2-3-4-9-19-15(14(11-20)17-18-19)10-12-5-7-13(16)8-6-12/h5-8,11H,2-4,9-10H2,1H3. The van der Waals surface area contributed by atoms with Crippen LogP contribution >= 0.6 is 11.6 Å². The molecule has 1 heterocycles. The Bertz CT molecular complexity index is 563. The van der Waals surface area contributed by atoms with Crippen molar-refractivity contribution in [1.29, 1.82) is 0 Å². The van der Waals surface area contributed by atoms with Crippen molar-refractivity contribution in [3.05, 3.63) is 46.2 Å². The summed E-state index contributed by atoms with van der Waals surface area (Å²) in [6.07, 6.45) is 4.77. The van der Waals surface area contributed by atoms with Gasteiger partial charge in [-0.25, -0.2) is 4.68 Å². The summed E-state index contributed by atoms with van der Waals surface area (Å²) in [4.78, 5) is 11.1. The number of carbonyl (C=O) groups is 1. The van der Waals surface area contributed by atoms with Crippen LogP contribution in [0.1, 0.15) is 47.9 Å². The molecular formula is C15H18ClN3O. The predicted octanol–water partition coefficient (Wildman–Crippen LogP) is 3.53. The van der Waals surface area contributed by atoms with Gasteiger partial charge < -0.3 is 0 Å². The smallest absolute Gasteiger partial charge is 0.172 e. The molecule has 0 fully saturated rings. The Morgan fingerprint density at radius 2 is 2.00 bits per heavy atom. The predicted molar refractivity (Wildman–Crippen MR) is 79.2 cm³/mol. The average molecular weight is 292 g/mol. The normalized spacial score (nSPS) is 10.7. The average Bonchev–Trinajstić information content (AvgIpc) is 2.84. The maximum absolute atomic E-state index is 11.1. The Morgan fingerprint density at radius 1 is 1.25 bits per heavy atom. The van der Waals surface area contributed by atoms with Crippen LogP contribution in [0, 0.1) is 0 Å². The summed E-state index contributed by atoms with van der Waals surface area (Å²) in [5.41, 5.74) is 2.39. The molecule has 0 N–H and O–H groups in total.